The molecule has 1 unspecified atom stereocenters. The van der Waals surface area contributed by atoms with Gasteiger partial charge in [-0.15, -0.1) is 0 Å². The lowest BCUT2D eigenvalue weighted by molar-refractivity contribution is -0.130. The summed E-state index contributed by atoms with van der Waals surface area (Å²) in [5.41, 5.74) is 1.44. The maximum atomic E-state index is 12.9. The van der Waals surface area contributed by atoms with E-state index in [1.165, 1.54) is 17.2 Å². The minimum atomic E-state index is -0.752. The average Bonchev–Trinajstić information content (AvgIpc) is 3.32. The molecule has 27 heavy (non-hydrogen) atoms. The summed E-state index contributed by atoms with van der Waals surface area (Å²) in [6.45, 7) is 0.193. The molecule has 4 rings (SSSR count). The molecule has 1 amide bonds. The SMILES string of the molecule is O=C(C1=C(O)C(=O)N(Cc2cccnc2)C1c1ccncc1)c1ccco1. The summed E-state index contributed by atoms with van der Waals surface area (Å²) in [6.07, 6.45) is 7.80. The Balaban J connectivity index is 1.79. The molecule has 134 valence electrons. The summed E-state index contributed by atoms with van der Waals surface area (Å²) in [5.74, 6) is -1.65. The van der Waals surface area contributed by atoms with Crippen molar-refractivity contribution < 1.29 is 19.1 Å². The van der Waals surface area contributed by atoms with E-state index in [2.05, 4.69) is 9.97 Å². The number of amides is 1. The monoisotopic (exact) mass is 361 g/mol. The van der Waals surface area contributed by atoms with Gasteiger partial charge < -0.3 is 14.4 Å². The van der Waals surface area contributed by atoms with Gasteiger partial charge in [-0.05, 0) is 41.5 Å². The fraction of sp³-hybridized carbons (Fsp3) is 0.100. The first-order valence-corrected chi connectivity index (χ1v) is 8.28. The zero-order valence-electron chi connectivity index (χ0n) is 14.1. The van der Waals surface area contributed by atoms with Crippen LogP contribution in [0.1, 0.15) is 27.7 Å². The second kappa shape index (κ2) is 6.87. The smallest absolute Gasteiger partial charge is 0.290 e. The van der Waals surface area contributed by atoms with Crippen LogP contribution in [0.5, 0.6) is 0 Å². The maximum absolute atomic E-state index is 12.9. The van der Waals surface area contributed by atoms with Crippen molar-refractivity contribution in [2.24, 2.45) is 0 Å². The predicted molar refractivity (Wildman–Crippen MR) is 94.5 cm³/mol. The molecule has 1 aliphatic rings. The number of aliphatic hydroxyl groups is 1. The first kappa shape index (κ1) is 16.7. The molecule has 0 spiro atoms. The van der Waals surface area contributed by atoms with Crippen molar-refractivity contribution in [1.29, 1.82) is 0 Å². The lowest BCUT2D eigenvalue weighted by Gasteiger charge is -2.26. The topological polar surface area (TPSA) is 96.5 Å². The van der Waals surface area contributed by atoms with E-state index in [9.17, 15) is 14.7 Å². The van der Waals surface area contributed by atoms with Gasteiger partial charge in [-0.2, -0.15) is 0 Å². The highest BCUT2D eigenvalue weighted by atomic mass is 16.3. The summed E-state index contributed by atoms with van der Waals surface area (Å²) >= 11 is 0. The molecule has 0 aliphatic carbocycles. The van der Waals surface area contributed by atoms with Gasteiger partial charge in [0.15, 0.2) is 11.5 Å². The summed E-state index contributed by atoms with van der Waals surface area (Å²) in [6, 6.07) is 9.34. The molecule has 7 nitrogen and oxygen atoms in total. The van der Waals surface area contributed by atoms with Crippen molar-refractivity contribution in [3.8, 4) is 0 Å². The quantitative estimate of drug-likeness (QED) is 0.702. The standard InChI is InChI=1S/C20H15N3O4/c24-18(15-4-2-10-27-15)16-17(14-5-8-21-9-6-14)23(20(26)19(16)25)12-13-3-1-7-22-11-13/h1-11,17,25H,12H2. The molecular weight excluding hydrogens is 346 g/mol. The maximum Gasteiger partial charge on any atom is 0.290 e. The summed E-state index contributed by atoms with van der Waals surface area (Å²) in [4.78, 5) is 35.2. The van der Waals surface area contributed by atoms with Gasteiger partial charge >= 0.3 is 0 Å². The Morgan fingerprint density at radius 1 is 1.11 bits per heavy atom. The number of pyridine rings is 2. The van der Waals surface area contributed by atoms with Gasteiger partial charge in [0.2, 0.25) is 5.78 Å². The Labute approximate surface area is 154 Å². The lowest BCUT2D eigenvalue weighted by Crippen LogP contribution is -2.30. The number of Topliss-reactive ketones (excluding diaryl/α,β-unsaturated/α-hetero) is 1. The molecule has 0 fully saturated rings. The highest BCUT2D eigenvalue weighted by Crippen LogP contribution is 2.39. The molecule has 0 radical (unpaired) electrons. The van der Waals surface area contributed by atoms with E-state index >= 15 is 0 Å². The van der Waals surface area contributed by atoms with Crippen molar-refractivity contribution in [3.05, 3.63) is 95.7 Å². The molecule has 0 bridgehead atoms. The molecule has 4 heterocycles. The average molecular weight is 361 g/mol. The van der Waals surface area contributed by atoms with Gasteiger partial charge in [-0.1, -0.05) is 6.07 Å². The van der Waals surface area contributed by atoms with E-state index < -0.39 is 23.5 Å². The Morgan fingerprint density at radius 2 is 1.93 bits per heavy atom. The van der Waals surface area contributed by atoms with E-state index in [1.54, 1.807) is 49.1 Å². The molecule has 0 saturated heterocycles. The van der Waals surface area contributed by atoms with Crippen LogP contribution in [0.15, 0.2) is 83.2 Å². The number of ketones is 1. The second-order valence-electron chi connectivity index (χ2n) is 6.05. The largest absolute Gasteiger partial charge is 0.503 e. The Morgan fingerprint density at radius 3 is 2.59 bits per heavy atom. The van der Waals surface area contributed by atoms with E-state index in [1.807, 2.05) is 6.07 Å². The van der Waals surface area contributed by atoms with Crippen LogP contribution in [0.3, 0.4) is 0 Å². The third-order valence-corrected chi connectivity index (χ3v) is 4.39. The van der Waals surface area contributed by atoms with Crippen LogP contribution < -0.4 is 0 Å². The molecule has 0 saturated carbocycles. The third kappa shape index (κ3) is 2.99. The number of nitrogens with zero attached hydrogens (tertiary/aromatic N) is 3. The highest BCUT2D eigenvalue weighted by Gasteiger charge is 2.44. The normalized spacial score (nSPS) is 16.8. The Kier molecular flexibility index (Phi) is 4.25. The molecule has 1 N–H and O–H groups in total. The molecule has 1 aliphatic heterocycles. The third-order valence-electron chi connectivity index (χ3n) is 4.39. The predicted octanol–water partition coefficient (Wildman–Crippen LogP) is 2.85. The number of hydrogen-bond donors (Lipinski definition) is 1. The van der Waals surface area contributed by atoms with Crippen LogP contribution in [0, 0.1) is 0 Å². The van der Waals surface area contributed by atoms with Crippen LogP contribution in [-0.4, -0.2) is 31.7 Å². The van der Waals surface area contributed by atoms with Gasteiger partial charge in [0, 0.05) is 31.3 Å². The van der Waals surface area contributed by atoms with Gasteiger partial charge in [0.1, 0.15) is 0 Å². The highest BCUT2D eigenvalue weighted by molar-refractivity contribution is 6.14. The van der Waals surface area contributed by atoms with Gasteiger partial charge in [0.05, 0.1) is 17.9 Å². The fourth-order valence-corrected chi connectivity index (χ4v) is 3.17. The molecule has 7 heteroatoms. The van der Waals surface area contributed by atoms with Gasteiger partial charge in [0.25, 0.3) is 5.91 Å². The number of carbonyl (C=O) groups is 2. The zero-order valence-corrected chi connectivity index (χ0v) is 14.1. The Bertz CT molecular complexity index is 998. The van der Waals surface area contributed by atoms with Crippen LogP contribution in [-0.2, 0) is 11.3 Å². The van der Waals surface area contributed by atoms with Gasteiger partial charge in [-0.25, -0.2) is 0 Å². The van der Waals surface area contributed by atoms with Crippen molar-refractivity contribution in [2.45, 2.75) is 12.6 Å². The van der Waals surface area contributed by atoms with Crippen molar-refractivity contribution in [1.82, 2.24) is 14.9 Å². The van der Waals surface area contributed by atoms with Crippen molar-refractivity contribution in [2.75, 3.05) is 0 Å². The first-order chi connectivity index (χ1) is 13.2. The number of furan rings is 1. The minimum absolute atomic E-state index is 0.00922. The number of carbonyl (C=O) groups excluding carboxylic acids is 2. The summed E-state index contributed by atoms with van der Waals surface area (Å²) < 4.78 is 5.18. The van der Waals surface area contributed by atoms with Gasteiger partial charge in [-0.3, -0.25) is 19.6 Å². The number of aliphatic hydroxyl groups excluding tert-OH is 1. The molecule has 3 aromatic rings. The van der Waals surface area contributed by atoms with E-state index in [0.717, 1.165) is 5.56 Å². The lowest BCUT2D eigenvalue weighted by atomic mass is 9.95. The molecule has 3 aromatic heterocycles. The van der Waals surface area contributed by atoms with Crippen LogP contribution in [0.4, 0.5) is 0 Å². The summed E-state index contributed by atoms with van der Waals surface area (Å²) in [7, 11) is 0. The Hall–Kier alpha value is -3.74. The number of aromatic nitrogens is 2. The molecule has 0 aromatic carbocycles. The van der Waals surface area contributed by atoms with E-state index in [0.29, 0.717) is 5.56 Å². The van der Waals surface area contributed by atoms with E-state index in [4.69, 9.17) is 4.42 Å². The zero-order chi connectivity index (χ0) is 18.8. The minimum Gasteiger partial charge on any atom is -0.503 e. The van der Waals surface area contributed by atoms with Crippen molar-refractivity contribution >= 4 is 11.7 Å². The van der Waals surface area contributed by atoms with Crippen molar-refractivity contribution in [3.63, 3.8) is 0 Å². The second-order valence-corrected chi connectivity index (χ2v) is 6.05. The number of hydrogen-bond acceptors (Lipinski definition) is 6. The fourth-order valence-electron chi connectivity index (χ4n) is 3.17. The van der Waals surface area contributed by atoms with Crippen LogP contribution >= 0.6 is 0 Å². The molecule has 1 atom stereocenters. The summed E-state index contributed by atoms with van der Waals surface area (Å²) in [5, 5.41) is 10.5. The number of rotatable bonds is 5. The molecular formula is C20H15N3O4. The van der Waals surface area contributed by atoms with Crippen LogP contribution in [0.25, 0.3) is 0 Å². The van der Waals surface area contributed by atoms with E-state index in [-0.39, 0.29) is 17.9 Å². The first-order valence-electron chi connectivity index (χ1n) is 8.28. The van der Waals surface area contributed by atoms with Crippen LogP contribution in [0.2, 0.25) is 0 Å².